The normalized spacial score (nSPS) is 15.9. The van der Waals surface area contributed by atoms with Gasteiger partial charge in [-0.25, -0.2) is 9.37 Å². The molecule has 0 saturated heterocycles. The Hall–Kier alpha value is -2.40. The molecule has 0 bridgehead atoms. The minimum atomic E-state index is -0.212. The van der Waals surface area contributed by atoms with Gasteiger partial charge in [0.1, 0.15) is 11.6 Å². The zero-order chi connectivity index (χ0) is 17.4. The Morgan fingerprint density at radius 1 is 1.36 bits per heavy atom. The van der Waals surface area contributed by atoms with Crippen LogP contribution in [0.15, 0.2) is 41.1 Å². The van der Waals surface area contributed by atoms with E-state index in [2.05, 4.69) is 34.8 Å². The zero-order valence-corrected chi connectivity index (χ0v) is 14.6. The molecule has 3 aromatic rings. The molecule has 3 heterocycles. The van der Waals surface area contributed by atoms with Gasteiger partial charge in [0.25, 0.3) is 0 Å². The summed E-state index contributed by atoms with van der Waals surface area (Å²) in [6, 6.07) is 4.91. The predicted molar refractivity (Wildman–Crippen MR) is 96.7 cm³/mol. The maximum absolute atomic E-state index is 13.3. The maximum Gasteiger partial charge on any atom is 0.208 e. The van der Waals surface area contributed by atoms with Crippen molar-refractivity contribution >= 4 is 16.5 Å². The van der Waals surface area contributed by atoms with Gasteiger partial charge in [-0.05, 0) is 30.2 Å². The van der Waals surface area contributed by atoms with E-state index in [-0.39, 0.29) is 5.82 Å². The van der Waals surface area contributed by atoms with Gasteiger partial charge in [-0.15, -0.1) is 0 Å². The van der Waals surface area contributed by atoms with Gasteiger partial charge < -0.3 is 9.40 Å². The van der Waals surface area contributed by atoms with Crippen molar-refractivity contribution in [3.8, 4) is 0 Å². The molecule has 4 nitrogen and oxygen atoms in total. The van der Waals surface area contributed by atoms with Crippen LogP contribution < -0.4 is 0 Å². The first kappa shape index (κ1) is 16.1. The predicted octanol–water partition coefficient (Wildman–Crippen LogP) is 4.71. The SMILES string of the molecule is CC(C)c1cnc(CN2CC=C(c3c[nH]c4cc(F)ccc34)CC2)o1. The van der Waals surface area contributed by atoms with Gasteiger partial charge in [-0.1, -0.05) is 19.9 Å². The maximum atomic E-state index is 13.3. The molecule has 130 valence electrons. The van der Waals surface area contributed by atoms with E-state index in [1.165, 1.54) is 17.2 Å². The fraction of sp³-hybridized carbons (Fsp3) is 0.350. The molecule has 0 aliphatic carbocycles. The molecule has 0 amide bonds. The lowest BCUT2D eigenvalue weighted by Crippen LogP contribution is -2.28. The highest BCUT2D eigenvalue weighted by molar-refractivity contribution is 5.92. The minimum Gasteiger partial charge on any atom is -0.444 e. The zero-order valence-electron chi connectivity index (χ0n) is 14.6. The Balaban J connectivity index is 1.47. The van der Waals surface area contributed by atoms with Crippen LogP contribution in [-0.4, -0.2) is 28.0 Å². The second-order valence-corrected chi connectivity index (χ2v) is 6.92. The number of nitrogens with one attached hydrogen (secondary N) is 1. The Kier molecular flexibility index (Phi) is 4.17. The topological polar surface area (TPSA) is 45.1 Å². The summed E-state index contributed by atoms with van der Waals surface area (Å²) in [5.74, 6) is 1.87. The lowest BCUT2D eigenvalue weighted by Gasteiger charge is -2.25. The molecule has 1 aliphatic heterocycles. The van der Waals surface area contributed by atoms with Gasteiger partial charge in [0.15, 0.2) is 0 Å². The number of rotatable bonds is 4. The Bertz CT molecular complexity index is 922. The fourth-order valence-corrected chi connectivity index (χ4v) is 3.32. The molecular formula is C20H22FN3O. The fourth-order valence-electron chi connectivity index (χ4n) is 3.32. The van der Waals surface area contributed by atoms with Gasteiger partial charge in [-0.3, -0.25) is 4.90 Å². The van der Waals surface area contributed by atoms with Crippen molar-refractivity contribution in [3.05, 3.63) is 59.7 Å². The number of oxazole rings is 1. The summed E-state index contributed by atoms with van der Waals surface area (Å²) in [5, 5.41) is 1.08. The van der Waals surface area contributed by atoms with Gasteiger partial charge in [0.2, 0.25) is 5.89 Å². The molecule has 0 fully saturated rings. The summed E-state index contributed by atoms with van der Waals surface area (Å²) in [6.45, 7) is 6.76. The van der Waals surface area contributed by atoms with E-state index in [1.54, 1.807) is 6.07 Å². The molecule has 2 aromatic heterocycles. The monoisotopic (exact) mass is 339 g/mol. The number of benzene rings is 1. The van der Waals surface area contributed by atoms with E-state index >= 15 is 0 Å². The van der Waals surface area contributed by atoms with Gasteiger partial charge in [-0.2, -0.15) is 0 Å². The number of aromatic nitrogens is 2. The largest absolute Gasteiger partial charge is 0.444 e. The van der Waals surface area contributed by atoms with Crippen molar-refractivity contribution in [2.45, 2.75) is 32.7 Å². The first-order valence-electron chi connectivity index (χ1n) is 8.73. The van der Waals surface area contributed by atoms with Gasteiger partial charge >= 0.3 is 0 Å². The van der Waals surface area contributed by atoms with Crippen LogP contribution in [0.1, 0.15) is 43.4 Å². The standard InChI is InChI=1S/C20H22FN3O/c1-13(2)19-11-23-20(25-19)12-24-7-5-14(6-8-24)17-10-22-18-9-15(21)3-4-16(17)18/h3-5,9-11,13,22H,6-8,12H2,1-2H3. The average Bonchev–Trinajstić information content (AvgIpc) is 3.22. The summed E-state index contributed by atoms with van der Waals surface area (Å²) in [6.07, 6.45) is 7.02. The highest BCUT2D eigenvalue weighted by Crippen LogP contribution is 2.30. The lowest BCUT2D eigenvalue weighted by atomic mass is 9.99. The van der Waals surface area contributed by atoms with Crippen molar-refractivity contribution in [2.24, 2.45) is 0 Å². The van der Waals surface area contributed by atoms with Crippen LogP contribution in [-0.2, 0) is 6.54 Å². The number of aromatic amines is 1. The van der Waals surface area contributed by atoms with Crippen molar-refractivity contribution in [2.75, 3.05) is 13.1 Å². The summed E-state index contributed by atoms with van der Waals surface area (Å²) >= 11 is 0. The molecule has 1 aromatic carbocycles. The molecule has 5 heteroatoms. The molecular weight excluding hydrogens is 317 g/mol. The third kappa shape index (κ3) is 3.24. The Labute approximate surface area is 146 Å². The lowest BCUT2D eigenvalue weighted by molar-refractivity contribution is 0.257. The molecule has 0 saturated carbocycles. The van der Waals surface area contributed by atoms with E-state index in [0.717, 1.165) is 48.6 Å². The van der Waals surface area contributed by atoms with Crippen LogP contribution in [0, 0.1) is 5.82 Å². The molecule has 4 rings (SSSR count). The van der Waals surface area contributed by atoms with Gasteiger partial charge in [0, 0.05) is 41.7 Å². The van der Waals surface area contributed by atoms with Crippen molar-refractivity contribution in [1.29, 1.82) is 0 Å². The van der Waals surface area contributed by atoms with Crippen molar-refractivity contribution in [3.63, 3.8) is 0 Å². The van der Waals surface area contributed by atoms with E-state index in [9.17, 15) is 4.39 Å². The number of hydrogen-bond donors (Lipinski definition) is 1. The second kappa shape index (κ2) is 6.48. The number of fused-ring (bicyclic) bond motifs is 1. The smallest absolute Gasteiger partial charge is 0.208 e. The molecule has 0 spiro atoms. The van der Waals surface area contributed by atoms with Crippen LogP contribution >= 0.6 is 0 Å². The molecule has 0 atom stereocenters. The Morgan fingerprint density at radius 2 is 2.24 bits per heavy atom. The summed E-state index contributed by atoms with van der Waals surface area (Å²) in [7, 11) is 0. The number of hydrogen-bond acceptors (Lipinski definition) is 3. The van der Waals surface area contributed by atoms with Crippen LogP contribution in [0.4, 0.5) is 4.39 Å². The third-order valence-corrected chi connectivity index (χ3v) is 4.78. The van der Waals surface area contributed by atoms with E-state index in [1.807, 2.05) is 18.5 Å². The first-order valence-corrected chi connectivity index (χ1v) is 8.73. The van der Waals surface area contributed by atoms with E-state index in [4.69, 9.17) is 4.42 Å². The molecule has 1 N–H and O–H groups in total. The van der Waals surface area contributed by atoms with Crippen molar-refractivity contribution < 1.29 is 8.81 Å². The quantitative estimate of drug-likeness (QED) is 0.749. The number of nitrogens with zero attached hydrogens (tertiary/aromatic N) is 2. The van der Waals surface area contributed by atoms with E-state index in [0.29, 0.717) is 5.92 Å². The van der Waals surface area contributed by atoms with Crippen LogP contribution in [0.25, 0.3) is 16.5 Å². The van der Waals surface area contributed by atoms with Crippen LogP contribution in [0.2, 0.25) is 0 Å². The van der Waals surface area contributed by atoms with Gasteiger partial charge in [0.05, 0.1) is 12.7 Å². The van der Waals surface area contributed by atoms with Crippen LogP contribution in [0.5, 0.6) is 0 Å². The first-order chi connectivity index (χ1) is 12.1. The molecule has 25 heavy (non-hydrogen) atoms. The Morgan fingerprint density at radius 3 is 2.96 bits per heavy atom. The van der Waals surface area contributed by atoms with Crippen LogP contribution in [0.3, 0.4) is 0 Å². The highest BCUT2D eigenvalue weighted by Gasteiger charge is 2.18. The third-order valence-electron chi connectivity index (χ3n) is 4.78. The average molecular weight is 339 g/mol. The molecule has 1 aliphatic rings. The summed E-state index contributed by atoms with van der Waals surface area (Å²) in [5.41, 5.74) is 3.33. The second-order valence-electron chi connectivity index (χ2n) is 6.92. The summed E-state index contributed by atoms with van der Waals surface area (Å²) in [4.78, 5) is 9.88. The number of halogens is 1. The molecule has 0 radical (unpaired) electrons. The molecule has 0 unspecified atom stereocenters. The van der Waals surface area contributed by atoms with Crippen molar-refractivity contribution in [1.82, 2.24) is 14.9 Å². The minimum absolute atomic E-state index is 0.212. The number of H-pyrrole nitrogens is 1. The summed E-state index contributed by atoms with van der Waals surface area (Å²) < 4.78 is 19.1. The highest BCUT2D eigenvalue weighted by atomic mass is 19.1. The van der Waals surface area contributed by atoms with E-state index < -0.39 is 0 Å².